The first-order valence-electron chi connectivity index (χ1n) is 9.82. The monoisotopic (exact) mass is 392 g/mol. The first-order chi connectivity index (χ1) is 14.7. The van der Waals surface area contributed by atoms with Crippen LogP contribution in [-0.2, 0) is 10.3 Å². The molecule has 0 atom stereocenters. The fourth-order valence-corrected chi connectivity index (χ4v) is 4.28. The van der Waals surface area contributed by atoms with Crippen LogP contribution in [0.25, 0.3) is 11.1 Å². The second-order valence-electron chi connectivity index (χ2n) is 7.26. The van der Waals surface area contributed by atoms with Crippen LogP contribution >= 0.6 is 0 Å². The highest BCUT2D eigenvalue weighted by Gasteiger charge is 2.50. The van der Waals surface area contributed by atoms with Crippen molar-refractivity contribution in [3.8, 4) is 11.1 Å². The van der Waals surface area contributed by atoms with Crippen LogP contribution in [0.5, 0.6) is 0 Å². The molecule has 4 aromatic rings. The van der Waals surface area contributed by atoms with Crippen molar-refractivity contribution in [3.63, 3.8) is 0 Å². The maximum absolute atomic E-state index is 13.2. The Labute approximate surface area is 175 Å². The largest absolute Gasteiger partial charge is 0.479 e. The van der Waals surface area contributed by atoms with E-state index in [1.807, 2.05) is 109 Å². The minimum absolute atomic E-state index is 0.672. The van der Waals surface area contributed by atoms with Gasteiger partial charge in [0, 0.05) is 11.1 Å². The zero-order valence-corrected chi connectivity index (χ0v) is 16.2. The zero-order chi connectivity index (χ0) is 20.6. The summed E-state index contributed by atoms with van der Waals surface area (Å²) in [5.74, 6) is -0.957. The van der Waals surface area contributed by atoms with Crippen molar-refractivity contribution in [2.75, 3.05) is 10.4 Å². The van der Waals surface area contributed by atoms with Crippen molar-refractivity contribution in [2.45, 2.75) is 5.54 Å². The number of fused-ring (bicyclic) bond motifs is 3. The van der Waals surface area contributed by atoms with Gasteiger partial charge in [-0.3, -0.25) is 10.4 Å². The normalized spacial score (nSPS) is 12.5. The summed E-state index contributed by atoms with van der Waals surface area (Å²) in [6.07, 6.45) is 0. The van der Waals surface area contributed by atoms with E-state index in [-0.39, 0.29) is 0 Å². The van der Waals surface area contributed by atoms with E-state index in [0.29, 0.717) is 11.1 Å². The molecule has 0 aromatic heterocycles. The maximum Gasteiger partial charge on any atom is 0.340 e. The molecule has 1 aliphatic heterocycles. The highest BCUT2D eigenvalue weighted by molar-refractivity contribution is 5.98. The Morgan fingerprint density at radius 2 is 1.17 bits per heavy atom. The summed E-state index contributed by atoms with van der Waals surface area (Å²) in [6, 6.07) is 34.6. The molecule has 146 valence electrons. The zero-order valence-electron chi connectivity index (χ0n) is 16.2. The van der Waals surface area contributed by atoms with Gasteiger partial charge >= 0.3 is 5.97 Å². The number of carboxylic acid groups (broad SMARTS) is 1. The minimum atomic E-state index is -1.47. The molecule has 1 heterocycles. The van der Waals surface area contributed by atoms with Gasteiger partial charge in [0.25, 0.3) is 0 Å². The lowest BCUT2D eigenvalue weighted by Gasteiger charge is -2.46. The van der Waals surface area contributed by atoms with Gasteiger partial charge in [0.05, 0.1) is 11.4 Å². The molecule has 4 heteroatoms. The van der Waals surface area contributed by atoms with Crippen LogP contribution in [0.15, 0.2) is 109 Å². The molecule has 0 unspecified atom stereocenters. The third kappa shape index (κ3) is 2.58. The third-order valence-electron chi connectivity index (χ3n) is 5.62. The smallest absolute Gasteiger partial charge is 0.340 e. The van der Waals surface area contributed by atoms with Crippen molar-refractivity contribution in [1.29, 1.82) is 0 Å². The fraction of sp³-hybridized carbons (Fsp3) is 0.0385. The molecule has 0 aliphatic carbocycles. The highest BCUT2D eigenvalue weighted by Crippen LogP contribution is 2.47. The van der Waals surface area contributed by atoms with E-state index in [1.54, 1.807) is 5.01 Å². The van der Waals surface area contributed by atoms with Gasteiger partial charge < -0.3 is 5.11 Å². The quantitative estimate of drug-likeness (QED) is 0.480. The number of hydrogen-bond donors (Lipinski definition) is 2. The lowest BCUT2D eigenvalue weighted by Crippen LogP contribution is -2.56. The SMILES string of the molecule is O=C(O)C(c1ccccc1)(c1ccccc1)N1Nc2ccccc2-c2ccccc21. The molecule has 2 N–H and O–H groups in total. The van der Waals surface area contributed by atoms with Crippen LogP contribution in [0.2, 0.25) is 0 Å². The van der Waals surface area contributed by atoms with Crippen molar-refractivity contribution < 1.29 is 9.90 Å². The van der Waals surface area contributed by atoms with Crippen LogP contribution in [0.3, 0.4) is 0 Å². The molecule has 0 fully saturated rings. The summed E-state index contributed by atoms with van der Waals surface area (Å²) < 4.78 is 0. The summed E-state index contributed by atoms with van der Waals surface area (Å²) in [4.78, 5) is 13.2. The molecule has 0 radical (unpaired) electrons. The Kier molecular flexibility index (Phi) is 4.25. The fourth-order valence-electron chi connectivity index (χ4n) is 4.28. The average Bonchev–Trinajstić information content (AvgIpc) is 2.81. The van der Waals surface area contributed by atoms with Crippen LogP contribution in [0.1, 0.15) is 11.1 Å². The van der Waals surface area contributed by atoms with Crippen LogP contribution in [-0.4, -0.2) is 11.1 Å². The summed E-state index contributed by atoms with van der Waals surface area (Å²) in [7, 11) is 0. The maximum atomic E-state index is 13.2. The van der Waals surface area contributed by atoms with Crippen molar-refractivity contribution in [3.05, 3.63) is 120 Å². The molecule has 0 amide bonds. The van der Waals surface area contributed by atoms with Crippen LogP contribution in [0, 0.1) is 0 Å². The number of hydrogen-bond acceptors (Lipinski definition) is 3. The average molecular weight is 392 g/mol. The van der Waals surface area contributed by atoms with Gasteiger partial charge in [0.2, 0.25) is 5.54 Å². The van der Waals surface area contributed by atoms with E-state index in [0.717, 1.165) is 22.5 Å². The Morgan fingerprint density at radius 1 is 0.667 bits per heavy atom. The molecular weight excluding hydrogens is 372 g/mol. The first kappa shape index (κ1) is 18.0. The standard InChI is InChI=1S/C26H20N2O2/c29-25(30)26(19-11-3-1-4-12-19,20-13-5-2-6-14-20)28-24-18-10-8-16-22(24)21-15-7-9-17-23(21)27-28/h1-18,27H,(H,29,30). The molecule has 30 heavy (non-hydrogen) atoms. The number of anilines is 2. The molecule has 0 saturated heterocycles. The van der Waals surface area contributed by atoms with Gasteiger partial charge in [-0.25, -0.2) is 4.79 Å². The third-order valence-corrected chi connectivity index (χ3v) is 5.62. The van der Waals surface area contributed by atoms with Gasteiger partial charge in [-0.2, -0.15) is 0 Å². The van der Waals surface area contributed by atoms with Crippen LogP contribution in [0.4, 0.5) is 11.4 Å². The number of para-hydroxylation sites is 2. The Bertz CT molecular complexity index is 1170. The Morgan fingerprint density at radius 3 is 1.77 bits per heavy atom. The second-order valence-corrected chi connectivity index (χ2v) is 7.26. The Balaban J connectivity index is 1.85. The van der Waals surface area contributed by atoms with Gasteiger partial charge in [-0.15, -0.1) is 0 Å². The first-order valence-corrected chi connectivity index (χ1v) is 9.82. The van der Waals surface area contributed by atoms with Crippen LogP contribution < -0.4 is 10.4 Å². The van der Waals surface area contributed by atoms with E-state index in [4.69, 9.17) is 0 Å². The highest BCUT2D eigenvalue weighted by atomic mass is 16.4. The summed E-state index contributed by atoms with van der Waals surface area (Å²) >= 11 is 0. The molecule has 0 bridgehead atoms. The lowest BCUT2D eigenvalue weighted by atomic mass is 9.80. The summed E-state index contributed by atoms with van der Waals surface area (Å²) in [5.41, 5.74) is 7.02. The number of aliphatic carboxylic acids is 1. The number of carbonyl (C=O) groups is 1. The number of hydrazine groups is 1. The van der Waals surface area contributed by atoms with E-state index in [2.05, 4.69) is 5.43 Å². The van der Waals surface area contributed by atoms with E-state index < -0.39 is 11.5 Å². The summed E-state index contributed by atoms with van der Waals surface area (Å²) in [5, 5.41) is 12.6. The number of rotatable bonds is 4. The van der Waals surface area contributed by atoms with E-state index >= 15 is 0 Å². The summed E-state index contributed by atoms with van der Waals surface area (Å²) in [6.45, 7) is 0. The molecule has 4 aromatic carbocycles. The van der Waals surface area contributed by atoms with Crippen molar-refractivity contribution >= 4 is 17.3 Å². The van der Waals surface area contributed by atoms with Crippen molar-refractivity contribution in [1.82, 2.24) is 0 Å². The number of nitrogens with one attached hydrogen (secondary N) is 1. The molecule has 5 rings (SSSR count). The number of nitrogens with zero attached hydrogens (tertiary/aromatic N) is 1. The number of carboxylic acids is 1. The predicted octanol–water partition coefficient (Wildman–Crippen LogP) is 5.53. The predicted molar refractivity (Wildman–Crippen MR) is 119 cm³/mol. The lowest BCUT2D eigenvalue weighted by molar-refractivity contribution is -0.142. The van der Waals surface area contributed by atoms with Gasteiger partial charge in [-0.1, -0.05) is 97.1 Å². The molecule has 0 spiro atoms. The molecule has 4 nitrogen and oxygen atoms in total. The van der Waals surface area contributed by atoms with E-state index in [1.165, 1.54) is 0 Å². The molecule has 1 aliphatic rings. The molecule has 0 saturated carbocycles. The Hall–Kier alpha value is -4.05. The molecular formula is C26H20N2O2. The second kappa shape index (κ2) is 7.08. The van der Waals surface area contributed by atoms with Gasteiger partial charge in [0.1, 0.15) is 0 Å². The topological polar surface area (TPSA) is 52.6 Å². The van der Waals surface area contributed by atoms with Gasteiger partial charge in [-0.05, 0) is 23.3 Å². The number of benzene rings is 4. The minimum Gasteiger partial charge on any atom is -0.479 e. The van der Waals surface area contributed by atoms with Crippen molar-refractivity contribution in [2.24, 2.45) is 0 Å². The van der Waals surface area contributed by atoms with Gasteiger partial charge in [0.15, 0.2) is 0 Å². The van der Waals surface area contributed by atoms with E-state index in [9.17, 15) is 9.90 Å².